The minimum Gasteiger partial charge on any atom is -0.469 e. The molecule has 13 nitrogen and oxygen atoms in total. The zero-order chi connectivity index (χ0) is 27.2. The number of rotatable bonds is 8. The molecular weight excluding hydrogens is 500 g/mol. The third-order valence-corrected chi connectivity index (χ3v) is 5.61. The number of hydrogen-bond donors (Lipinski definition) is 2. The first-order valence-electron chi connectivity index (χ1n) is 11.5. The number of carbonyl (C=O) groups is 4. The van der Waals surface area contributed by atoms with E-state index >= 15 is 0 Å². The Morgan fingerprint density at radius 3 is 2.61 bits per heavy atom. The van der Waals surface area contributed by atoms with Crippen molar-refractivity contribution in [2.24, 2.45) is 0 Å². The van der Waals surface area contributed by atoms with Crippen LogP contribution in [-0.4, -0.2) is 66.4 Å². The molecule has 4 rings (SSSR count). The van der Waals surface area contributed by atoms with Crippen molar-refractivity contribution in [1.82, 2.24) is 10.1 Å². The van der Waals surface area contributed by atoms with Gasteiger partial charge in [-0.2, -0.15) is 0 Å². The van der Waals surface area contributed by atoms with Gasteiger partial charge in [-0.05, 0) is 42.0 Å². The molecule has 0 saturated carbocycles. The number of hydrogen-bond acceptors (Lipinski definition) is 10. The normalized spacial score (nSPS) is 16.0. The van der Waals surface area contributed by atoms with Gasteiger partial charge in [-0.25, -0.2) is 4.79 Å². The first-order chi connectivity index (χ1) is 18.2. The molecule has 0 unspecified atom stereocenters. The second kappa shape index (κ2) is 11.5. The summed E-state index contributed by atoms with van der Waals surface area (Å²) in [5, 5.41) is 6.20. The zero-order valence-electron chi connectivity index (χ0n) is 20.5. The predicted octanol–water partition coefficient (Wildman–Crippen LogP) is 1.05. The van der Waals surface area contributed by atoms with Crippen LogP contribution in [0.2, 0.25) is 0 Å². The topological polar surface area (TPSA) is 170 Å². The number of ether oxygens (including phenoxy) is 3. The van der Waals surface area contributed by atoms with E-state index in [1.54, 1.807) is 36.4 Å². The molecule has 2 atom stereocenters. The molecule has 1 aliphatic rings. The van der Waals surface area contributed by atoms with Crippen molar-refractivity contribution >= 4 is 35.1 Å². The molecule has 2 heterocycles. The highest BCUT2D eigenvalue weighted by Crippen LogP contribution is 2.24. The maximum absolute atomic E-state index is 13.4. The average Bonchev–Trinajstić information content (AvgIpc) is 3.34. The van der Waals surface area contributed by atoms with Crippen LogP contribution in [0, 0.1) is 0 Å². The Bertz CT molecular complexity index is 1400. The van der Waals surface area contributed by atoms with Gasteiger partial charge in [0.1, 0.15) is 0 Å². The van der Waals surface area contributed by atoms with E-state index < -0.39 is 41.7 Å². The zero-order valence-corrected chi connectivity index (χ0v) is 20.5. The van der Waals surface area contributed by atoms with Crippen LogP contribution in [0.3, 0.4) is 0 Å². The van der Waals surface area contributed by atoms with Gasteiger partial charge < -0.3 is 24.4 Å². The lowest BCUT2D eigenvalue weighted by atomic mass is 10.1. The smallest absolute Gasteiger partial charge is 0.439 e. The monoisotopic (exact) mass is 524 g/mol. The van der Waals surface area contributed by atoms with Gasteiger partial charge >= 0.3 is 17.7 Å². The summed E-state index contributed by atoms with van der Waals surface area (Å²) in [6.07, 6.45) is -2.96. The van der Waals surface area contributed by atoms with E-state index in [1.807, 2.05) is 0 Å². The Balaban J connectivity index is 1.51. The third kappa shape index (κ3) is 6.13. The second-order valence-electron chi connectivity index (χ2n) is 8.24. The molecule has 3 aromatic rings. The molecule has 1 aliphatic heterocycles. The van der Waals surface area contributed by atoms with E-state index in [2.05, 4.69) is 20.0 Å². The number of nitrogens with one attached hydrogen (secondary N) is 2. The molecule has 0 spiro atoms. The summed E-state index contributed by atoms with van der Waals surface area (Å²) in [6.45, 7) is 1.39. The molecule has 13 heteroatoms. The molecule has 1 saturated heterocycles. The van der Waals surface area contributed by atoms with Crippen molar-refractivity contribution < 1.29 is 37.9 Å². The van der Waals surface area contributed by atoms with Crippen molar-refractivity contribution in [2.75, 3.05) is 30.5 Å². The lowest BCUT2D eigenvalue weighted by Gasteiger charge is -2.35. The Kier molecular flexibility index (Phi) is 7.97. The average molecular weight is 524 g/mol. The van der Waals surface area contributed by atoms with E-state index in [1.165, 1.54) is 24.1 Å². The van der Waals surface area contributed by atoms with Crippen LogP contribution in [-0.2, 0) is 39.8 Å². The number of nitrogens with zero attached hydrogens (tertiary/aromatic N) is 2. The summed E-state index contributed by atoms with van der Waals surface area (Å²) in [4.78, 5) is 65.0. The first-order valence-corrected chi connectivity index (χ1v) is 11.5. The maximum Gasteiger partial charge on any atom is 0.439 e. The van der Waals surface area contributed by atoms with Gasteiger partial charge in [0, 0.05) is 30.4 Å². The van der Waals surface area contributed by atoms with Gasteiger partial charge in [-0.1, -0.05) is 17.3 Å². The molecule has 0 aliphatic carbocycles. The molecular formula is C25H24N4O9. The molecule has 1 aromatic heterocycles. The van der Waals surface area contributed by atoms with Crippen molar-refractivity contribution in [3.05, 3.63) is 64.6 Å². The van der Waals surface area contributed by atoms with Crippen molar-refractivity contribution in [1.29, 1.82) is 0 Å². The molecule has 38 heavy (non-hydrogen) atoms. The fraction of sp³-hybridized carbons (Fsp3) is 0.280. The van der Waals surface area contributed by atoms with Crippen molar-refractivity contribution in [3.8, 4) is 11.4 Å². The number of esters is 2. The Morgan fingerprint density at radius 1 is 1.18 bits per heavy atom. The number of H-pyrrole nitrogens is 1. The Hall–Kier alpha value is -4.78. The van der Waals surface area contributed by atoms with Crippen LogP contribution in [0.1, 0.15) is 12.5 Å². The number of methoxy groups -OCH3 is 1. The first kappa shape index (κ1) is 26.3. The standard InChI is InChI=1S/C25H24N4O9/c1-14(30)37-20(23(32)26-17-8-6-16(7-9-17)22-27-25(34)38-28-22)21-24(33)29(10-11-36-21)18-5-3-4-15(12-18)13-19(31)35-2/h3-9,12,20-21H,10-11,13H2,1-2H3,(H,26,32)(H,27,28,34)/t20-,21-/m1/s1. The summed E-state index contributed by atoms with van der Waals surface area (Å²) in [6, 6.07) is 13.0. The van der Waals surface area contributed by atoms with E-state index in [0.29, 0.717) is 22.5 Å². The fourth-order valence-corrected chi connectivity index (χ4v) is 3.86. The largest absolute Gasteiger partial charge is 0.469 e. The maximum atomic E-state index is 13.4. The summed E-state index contributed by atoms with van der Waals surface area (Å²) in [7, 11) is 1.29. The van der Waals surface area contributed by atoms with E-state index in [9.17, 15) is 24.0 Å². The van der Waals surface area contributed by atoms with E-state index in [-0.39, 0.29) is 25.4 Å². The lowest BCUT2D eigenvalue weighted by Crippen LogP contribution is -2.56. The summed E-state index contributed by atoms with van der Waals surface area (Å²) in [5.74, 6) is -3.06. The van der Waals surface area contributed by atoms with Gasteiger partial charge in [0.2, 0.25) is 6.10 Å². The van der Waals surface area contributed by atoms with Gasteiger partial charge in [0.15, 0.2) is 11.9 Å². The number of aromatic nitrogens is 2. The fourth-order valence-electron chi connectivity index (χ4n) is 3.86. The third-order valence-electron chi connectivity index (χ3n) is 5.61. The quantitative estimate of drug-likeness (QED) is 0.406. The number of anilines is 2. The highest BCUT2D eigenvalue weighted by molar-refractivity contribution is 6.04. The minimum absolute atomic E-state index is 0.0241. The van der Waals surface area contributed by atoms with Crippen LogP contribution in [0.5, 0.6) is 0 Å². The SMILES string of the molecule is COC(=O)Cc1cccc(N2CCO[C@H]([C@@H](OC(C)=O)C(=O)Nc3ccc(-c4noc(=O)[nH]4)cc3)C2=O)c1. The number of morpholine rings is 1. The van der Waals surface area contributed by atoms with Crippen LogP contribution < -0.4 is 16.0 Å². The van der Waals surface area contributed by atoms with E-state index in [0.717, 1.165) is 6.92 Å². The van der Waals surface area contributed by atoms with Crippen LogP contribution >= 0.6 is 0 Å². The lowest BCUT2D eigenvalue weighted by molar-refractivity contribution is -0.167. The highest BCUT2D eigenvalue weighted by atomic mass is 16.6. The van der Waals surface area contributed by atoms with Gasteiger partial charge in [-0.3, -0.25) is 28.7 Å². The predicted molar refractivity (Wildman–Crippen MR) is 131 cm³/mol. The summed E-state index contributed by atoms with van der Waals surface area (Å²) in [5.41, 5.74) is 1.99. The minimum atomic E-state index is -1.58. The molecule has 2 aromatic carbocycles. The molecule has 0 radical (unpaired) electrons. The van der Waals surface area contributed by atoms with Crippen LogP contribution in [0.4, 0.5) is 11.4 Å². The van der Waals surface area contributed by atoms with Crippen molar-refractivity contribution in [3.63, 3.8) is 0 Å². The molecule has 198 valence electrons. The van der Waals surface area contributed by atoms with Crippen LogP contribution in [0.15, 0.2) is 57.8 Å². The molecule has 2 amide bonds. The Morgan fingerprint density at radius 2 is 1.95 bits per heavy atom. The van der Waals surface area contributed by atoms with Crippen molar-refractivity contribution in [2.45, 2.75) is 25.6 Å². The van der Waals surface area contributed by atoms with E-state index in [4.69, 9.17) is 14.2 Å². The summed E-state index contributed by atoms with van der Waals surface area (Å²) >= 11 is 0. The molecule has 2 N–H and O–H groups in total. The second-order valence-corrected chi connectivity index (χ2v) is 8.24. The molecule has 0 bridgehead atoms. The van der Waals surface area contributed by atoms with Crippen LogP contribution in [0.25, 0.3) is 11.4 Å². The number of carbonyl (C=O) groups excluding carboxylic acids is 4. The molecule has 1 fully saturated rings. The highest BCUT2D eigenvalue weighted by Gasteiger charge is 2.42. The van der Waals surface area contributed by atoms with Gasteiger partial charge in [0.25, 0.3) is 11.8 Å². The number of amides is 2. The van der Waals surface area contributed by atoms with Gasteiger partial charge in [0.05, 0.1) is 20.1 Å². The Labute approximate surface area is 215 Å². The van der Waals surface area contributed by atoms with Gasteiger partial charge in [-0.15, -0.1) is 0 Å². The summed E-state index contributed by atoms with van der Waals surface area (Å²) < 4.78 is 20.0. The number of aromatic amines is 1. The number of benzene rings is 2.